The van der Waals surface area contributed by atoms with Gasteiger partial charge in [0.05, 0.1) is 11.8 Å². The molecule has 0 unspecified atom stereocenters. The maximum Gasteiger partial charge on any atom is 0.258 e. The zero-order valence-electron chi connectivity index (χ0n) is 15.3. The lowest BCUT2D eigenvalue weighted by Crippen LogP contribution is -2.11. The summed E-state index contributed by atoms with van der Waals surface area (Å²) in [6, 6.07) is 17.3. The molecule has 0 saturated carbocycles. The van der Waals surface area contributed by atoms with E-state index in [1.807, 2.05) is 30.3 Å². The van der Waals surface area contributed by atoms with Crippen molar-refractivity contribution in [1.29, 1.82) is 0 Å². The molecule has 2 heterocycles. The van der Waals surface area contributed by atoms with Gasteiger partial charge in [-0.1, -0.05) is 30.3 Å². The fraction of sp³-hybridized carbons (Fsp3) is 0.0476. The summed E-state index contributed by atoms with van der Waals surface area (Å²) in [7, 11) is 0. The fourth-order valence-corrected chi connectivity index (χ4v) is 2.66. The van der Waals surface area contributed by atoms with E-state index in [1.165, 1.54) is 41.5 Å². The first-order valence-electron chi connectivity index (χ1n) is 8.89. The third kappa shape index (κ3) is 4.62. The molecule has 8 heteroatoms. The van der Waals surface area contributed by atoms with Crippen molar-refractivity contribution >= 4 is 17.4 Å². The maximum absolute atomic E-state index is 13.0. The number of hydrogen-bond donors (Lipinski definition) is 2. The molecule has 0 aliphatic heterocycles. The summed E-state index contributed by atoms with van der Waals surface area (Å²) in [5.41, 5.74) is 1.98. The van der Waals surface area contributed by atoms with Crippen molar-refractivity contribution in [3.8, 4) is 5.82 Å². The molecule has 29 heavy (non-hydrogen) atoms. The Bertz CT molecular complexity index is 1110. The van der Waals surface area contributed by atoms with Crippen LogP contribution in [0, 0.1) is 5.82 Å². The SMILES string of the molecule is O=C(Nc1ccc(F)cc1)c1cnn(-c2cc(NCc3ccccc3)ncn2)c1. The van der Waals surface area contributed by atoms with Gasteiger partial charge in [0.25, 0.3) is 5.91 Å². The number of halogens is 1. The van der Waals surface area contributed by atoms with Crippen molar-refractivity contribution in [1.82, 2.24) is 19.7 Å². The Balaban J connectivity index is 1.44. The second kappa shape index (κ2) is 8.30. The minimum Gasteiger partial charge on any atom is -0.366 e. The zero-order valence-corrected chi connectivity index (χ0v) is 15.3. The Morgan fingerprint density at radius 3 is 2.62 bits per heavy atom. The quantitative estimate of drug-likeness (QED) is 0.527. The largest absolute Gasteiger partial charge is 0.366 e. The first-order chi connectivity index (χ1) is 14.2. The van der Waals surface area contributed by atoms with E-state index in [-0.39, 0.29) is 11.7 Å². The van der Waals surface area contributed by atoms with Gasteiger partial charge in [-0.2, -0.15) is 5.10 Å². The molecule has 144 valence electrons. The van der Waals surface area contributed by atoms with Gasteiger partial charge in [0.2, 0.25) is 0 Å². The molecule has 2 N–H and O–H groups in total. The van der Waals surface area contributed by atoms with Crippen LogP contribution >= 0.6 is 0 Å². The number of benzene rings is 2. The van der Waals surface area contributed by atoms with Crippen LogP contribution < -0.4 is 10.6 Å². The first kappa shape index (κ1) is 18.3. The van der Waals surface area contributed by atoms with Crippen LogP contribution in [0.4, 0.5) is 15.9 Å². The van der Waals surface area contributed by atoms with E-state index in [4.69, 9.17) is 0 Å². The summed E-state index contributed by atoms with van der Waals surface area (Å²) in [5.74, 6) is 0.457. The summed E-state index contributed by atoms with van der Waals surface area (Å²) in [6.07, 6.45) is 4.45. The van der Waals surface area contributed by atoms with E-state index >= 15 is 0 Å². The number of anilines is 2. The van der Waals surface area contributed by atoms with Gasteiger partial charge in [0.15, 0.2) is 5.82 Å². The van der Waals surface area contributed by atoms with E-state index in [0.717, 1.165) is 5.56 Å². The molecule has 0 spiro atoms. The van der Waals surface area contributed by atoms with Crippen molar-refractivity contribution in [2.45, 2.75) is 6.54 Å². The van der Waals surface area contributed by atoms with Crippen LogP contribution in [0.1, 0.15) is 15.9 Å². The normalized spacial score (nSPS) is 10.5. The second-order valence-electron chi connectivity index (χ2n) is 6.24. The molecule has 2 aromatic heterocycles. The van der Waals surface area contributed by atoms with Crippen LogP contribution in [0.15, 0.2) is 79.4 Å². The fourth-order valence-electron chi connectivity index (χ4n) is 2.66. The average molecular weight is 388 g/mol. The highest BCUT2D eigenvalue weighted by atomic mass is 19.1. The van der Waals surface area contributed by atoms with Gasteiger partial charge in [-0.3, -0.25) is 4.79 Å². The molecule has 1 amide bonds. The predicted molar refractivity (Wildman–Crippen MR) is 107 cm³/mol. The molecule has 0 bridgehead atoms. The Morgan fingerprint density at radius 2 is 1.83 bits per heavy atom. The molecule has 2 aromatic carbocycles. The topological polar surface area (TPSA) is 84.7 Å². The molecular weight excluding hydrogens is 371 g/mol. The highest BCUT2D eigenvalue weighted by molar-refractivity contribution is 6.03. The minimum absolute atomic E-state index is 0.348. The van der Waals surface area contributed by atoms with Crippen molar-refractivity contribution in [3.63, 3.8) is 0 Å². The van der Waals surface area contributed by atoms with Gasteiger partial charge < -0.3 is 10.6 Å². The first-order valence-corrected chi connectivity index (χ1v) is 8.89. The van der Waals surface area contributed by atoms with Gasteiger partial charge in [0.1, 0.15) is 18.0 Å². The number of carbonyl (C=O) groups excluding carboxylic acids is 1. The van der Waals surface area contributed by atoms with Gasteiger partial charge in [-0.25, -0.2) is 19.0 Å². The van der Waals surface area contributed by atoms with Crippen molar-refractivity contribution in [2.24, 2.45) is 0 Å². The molecule has 0 aliphatic rings. The van der Waals surface area contributed by atoms with E-state index in [2.05, 4.69) is 25.7 Å². The lowest BCUT2D eigenvalue weighted by atomic mass is 10.2. The van der Waals surface area contributed by atoms with Crippen molar-refractivity contribution in [2.75, 3.05) is 10.6 Å². The second-order valence-corrected chi connectivity index (χ2v) is 6.24. The molecule has 0 fully saturated rings. The van der Waals surface area contributed by atoms with Gasteiger partial charge in [0, 0.05) is 24.5 Å². The van der Waals surface area contributed by atoms with Gasteiger partial charge in [-0.15, -0.1) is 0 Å². The maximum atomic E-state index is 13.0. The highest BCUT2D eigenvalue weighted by Gasteiger charge is 2.11. The molecule has 0 aliphatic carbocycles. The number of rotatable bonds is 6. The Morgan fingerprint density at radius 1 is 1.03 bits per heavy atom. The number of carbonyl (C=O) groups is 1. The summed E-state index contributed by atoms with van der Waals surface area (Å²) < 4.78 is 14.5. The monoisotopic (exact) mass is 388 g/mol. The number of hydrogen-bond acceptors (Lipinski definition) is 5. The number of nitrogens with zero attached hydrogens (tertiary/aromatic N) is 4. The van der Waals surface area contributed by atoms with E-state index in [0.29, 0.717) is 29.4 Å². The number of nitrogens with one attached hydrogen (secondary N) is 2. The Kier molecular flexibility index (Phi) is 5.24. The van der Waals surface area contributed by atoms with Crippen LogP contribution in [0.2, 0.25) is 0 Å². The van der Waals surface area contributed by atoms with Gasteiger partial charge in [-0.05, 0) is 29.8 Å². The lowest BCUT2D eigenvalue weighted by Gasteiger charge is -2.07. The Hall–Kier alpha value is -4.07. The Labute approximate surface area is 166 Å². The van der Waals surface area contributed by atoms with Gasteiger partial charge >= 0.3 is 0 Å². The van der Waals surface area contributed by atoms with Crippen LogP contribution in [-0.2, 0) is 6.54 Å². The van der Waals surface area contributed by atoms with Crippen LogP contribution in [0.3, 0.4) is 0 Å². The predicted octanol–water partition coefficient (Wildman–Crippen LogP) is 3.67. The number of amides is 1. The van der Waals surface area contributed by atoms with E-state index in [1.54, 1.807) is 12.3 Å². The zero-order chi connectivity index (χ0) is 20.1. The standard InChI is InChI=1S/C21H17FN6O/c22-17-6-8-18(9-7-17)27-21(29)16-12-26-28(13-16)20-10-19(24-14-25-20)23-11-15-4-2-1-3-5-15/h1-10,12-14H,11H2,(H,27,29)(H,23,24,25). The third-order valence-electron chi connectivity index (χ3n) is 4.15. The smallest absolute Gasteiger partial charge is 0.258 e. The van der Waals surface area contributed by atoms with Crippen molar-refractivity contribution in [3.05, 3.63) is 96.3 Å². The third-order valence-corrected chi connectivity index (χ3v) is 4.15. The summed E-state index contributed by atoms with van der Waals surface area (Å²) in [4.78, 5) is 20.8. The molecule has 4 rings (SSSR count). The minimum atomic E-state index is -0.365. The summed E-state index contributed by atoms with van der Waals surface area (Å²) in [6.45, 7) is 0.627. The lowest BCUT2D eigenvalue weighted by molar-refractivity contribution is 0.102. The van der Waals surface area contributed by atoms with Crippen LogP contribution in [-0.4, -0.2) is 25.7 Å². The van der Waals surface area contributed by atoms with Crippen molar-refractivity contribution < 1.29 is 9.18 Å². The number of aromatic nitrogens is 4. The molecular formula is C21H17FN6O. The molecule has 4 aromatic rings. The highest BCUT2D eigenvalue weighted by Crippen LogP contribution is 2.13. The molecule has 7 nitrogen and oxygen atoms in total. The van der Waals surface area contributed by atoms with E-state index < -0.39 is 0 Å². The molecule has 0 atom stereocenters. The molecule has 0 saturated heterocycles. The van der Waals surface area contributed by atoms with Crippen LogP contribution in [0.25, 0.3) is 5.82 Å². The van der Waals surface area contributed by atoms with E-state index in [9.17, 15) is 9.18 Å². The average Bonchev–Trinajstić information content (AvgIpc) is 3.25. The summed E-state index contributed by atoms with van der Waals surface area (Å²) >= 11 is 0. The van der Waals surface area contributed by atoms with Crippen LogP contribution in [0.5, 0.6) is 0 Å². The molecule has 0 radical (unpaired) electrons. The summed E-state index contributed by atoms with van der Waals surface area (Å²) in [5, 5.41) is 10.1.